The Balaban J connectivity index is 1.60. The van der Waals surface area contributed by atoms with E-state index in [9.17, 15) is 8.78 Å². The van der Waals surface area contributed by atoms with Crippen molar-refractivity contribution >= 4 is 17.7 Å². The van der Waals surface area contributed by atoms with Crippen LogP contribution in [0.4, 0.5) is 14.7 Å². The topological polar surface area (TPSA) is 43.2 Å². The van der Waals surface area contributed by atoms with Crippen molar-refractivity contribution in [3.8, 4) is 0 Å². The van der Waals surface area contributed by atoms with Crippen LogP contribution in [0.5, 0.6) is 0 Å². The minimum atomic E-state index is -0.429. The number of morpholine rings is 1. The molecule has 2 heterocycles. The van der Waals surface area contributed by atoms with E-state index in [1.165, 1.54) is 23.9 Å². The highest BCUT2D eigenvalue weighted by atomic mass is 32.2. The molecule has 0 amide bonds. The molecule has 1 saturated heterocycles. The number of aromatic nitrogens is 3. The highest BCUT2D eigenvalue weighted by Crippen LogP contribution is 2.44. The minimum Gasteiger partial charge on any atom is -0.378 e. The number of hydrogen-bond acceptors (Lipinski definition) is 5. The minimum absolute atomic E-state index is 0.255. The second kappa shape index (κ2) is 6.92. The normalized spacial score (nSPS) is 19.2. The van der Waals surface area contributed by atoms with Crippen LogP contribution in [0.3, 0.4) is 0 Å². The lowest BCUT2D eigenvalue weighted by molar-refractivity contribution is 0.121. The van der Waals surface area contributed by atoms with Crippen molar-refractivity contribution in [2.75, 3.05) is 31.2 Å². The summed E-state index contributed by atoms with van der Waals surface area (Å²) in [5, 5.41) is 9.24. The molecule has 1 aromatic carbocycles. The lowest BCUT2D eigenvalue weighted by atomic mass is 10.1. The van der Waals surface area contributed by atoms with Crippen LogP contribution >= 0.6 is 11.8 Å². The van der Waals surface area contributed by atoms with Crippen LogP contribution < -0.4 is 4.90 Å². The van der Waals surface area contributed by atoms with Crippen LogP contribution in [0, 0.1) is 11.6 Å². The van der Waals surface area contributed by atoms with Gasteiger partial charge < -0.3 is 9.64 Å². The lowest BCUT2D eigenvalue weighted by Crippen LogP contribution is -2.38. The Morgan fingerprint density at radius 3 is 2.68 bits per heavy atom. The third kappa shape index (κ3) is 3.50. The van der Waals surface area contributed by atoms with E-state index < -0.39 is 11.6 Å². The fraction of sp³-hybridized carbons (Fsp3) is 0.529. The van der Waals surface area contributed by atoms with E-state index in [0.29, 0.717) is 24.8 Å². The highest BCUT2D eigenvalue weighted by Gasteiger charge is 2.33. The number of anilines is 1. The van der Waals surface area contributed by atoms with Crippen LogP contribution in [0.1, 0.15) is 36.6 Å². The van der Waals surface area contributed by atoms with Crippen LogP contribution in [-0.2, 0) is 4.74 Å². The molecule has 0 N–H and O–H groups in total. The van der Waals surface area contributed by atoms with Crippen LogP contribution in [-0.4, -0.2) is 41.1 Å². The van der Waals surface area contributed by atoms with Crippen LogP contribution in [0.2, 0.25) is 0 Å². The van der Waals surface area contributed by atoms with Crippen LogP contribution in [0.25, 0.3) is 0 Å². The molecule has 134 valence electrons. The molecule has 25 heavy (non-hydrogen) atoms. The molecule has 0 radical (unpaired) electrons. The maximum Gasteiger partial charge on any atom is 0.228 e. The summed E-state index contributed by atoms with van der Waals surface area (Å²) >= 11 is 1.42. The van der Waals surface area contributed by atoms with E-state index in [-0.39, 0.29) is 5.25 Å². The zero-order valence-corrected chi connectivity index (χ0v) is 14.8. The van der Waals surface area contributed by atoms with Crippen molar-refractivity contribution in [3.63, 3.8) is 0 Å². The van der Waals surface area contributed by atoms with Gasteiger partial charge in [0.05, 0.1) is 13.2 Å². The van der Waals surface area contributed by atoms with E-state index in [1.54, 1.807) is 0 Å². The van der Waals surface area contributed by atoms with E-state index in [2.05, 4.69) is 19.7 Å². The second-order valence-electron chi connectivity index (χ2n) is 6.41. The molecule has 4 rings (SSSR count). The molecule has 2 fully saturated rings. The van der Waals surface area contributed by atoms with Gasteiger partial charge in [-0.2, -0.15) is 0 Å². The van der Waals surface area contributed by atoms with E-state index in [4.69, 9.17) is 4.74 Å². The van der Waals surface area contributed by atoms with Gasteiger partial charge in [0.15, 0.2) is 5.16 Å². The molecule has 0 bridgehead atoms. The van der Waals surface area contributed by atoms with Crippen molar-refractivity contribution in [1.82, 2.24) is 14.8 Å². The fourth-order valence-electron chi connectivity index (χ4n) is 3.03. The van der Waals surface area contributed by atoms with Gasteiger partial charge in [0, 0.05) is 29.9 Å². The molecule has 2 aliphatic rings. The van der Waals surface area contributed by atoms with Gasteiger partial charge in [-0.05, 0) is 38.0 Å². The van der Waals surface area contributed by atoms with Crippen LogP contribution in [0.15, 0.2) is 23.4 Å². The summed E-state index contributed by atoms with van der Waals surface area (Å²) in [5.74, 6) is 0.0361. The summed E-state index contributed by atoms with van der Waals surface area (Å²) in [7, 11) is 0. The van der Waals surface area contributed by atoms with Gasteiger partial charge in [-0.15, -0.1) is 10.2 Å². The van der Waals surface area contributed by atoms with Crippen molar-refractivity contribution in [2.45, 2.75) is 36.2 Å². The van der Waals surface area contributed by atoms with Gasteiger partial charge in [0.25, 0.3) is 0 Å². The number of thioether (sulfide) groups is 1. The Bertz CT molecular complexity index is 759. The molecule has 0 unspecified atom stereocenters. The van der Waals surface area contributed by atoms with Crippen molar-refractivity contribution in [3.05, 3.63) is 35.4 Å². The molecular formula is C17H20F2N4OS. The van der Waals surface area contributed by atoms with E-state index in [0.717, 1.165) is 43.1 Å². The Labute approximate surface area is 149 Å². The number of benzene rings is 1. The summed E-state index contributed by atoms with van der Waals surface area (Å²) in [6.45, 7) is 4.83. The highest BCUT2D eigenvalue weighted by molar-refractivity contribution is 7.99. The molecule has 1 aromatic heterocycles. The third-order valence-corrected chi connectivity index (χ3v) is 5.63. The SMILES string of the molecule is C[C@H](Sc1nnc(N2CCOCC2)n1C1CC1)c1cc(F)ccc1F. The number of halogens is 2. The van der Waals surface area contributed by atoms with E-state index >= 15 is 0 Å². The van der Waals surface area contributed by atoms with Gasteiger partial charge >= 0.3 is 0 Å². The van der Waals surface area contributed by atoms with Gasteiger partial charge in [0.1, 0.15) is 11.6 Å². The molecule has 5 nitrogen and oxygen atoms in total. The number of hydrogen-bond donors (Lipinski definition) is 0. The first-order valence-electron chi connectivity index (χ1n) is 8.52. The first-order valence-corrected chi connectivity index (χ1v) is 9.40. The molecule has 1 atom stereocenters. The number of ether oxygens (including phenoxy) is 1. The molecule has 1 aliphatic carbocycles. The largest absolute Gasteiger partial charge is 0.378 e. The zero-order chi connectivity index (χ0) is 17.4. The average Bonchev–Trinajstić information content (AvgIpc) is 3.38. The monoisotopic (exact) mass is 366 g/mol. The van der Waals surface area contributed by atoms with Crippen molar-refractivity contribution in [2.24, 2.45) is 0 Å². The van der Waals surface area contributed by atoms with Gasteiger partial charge in [-0.3, -0.25) is 4.57 Å². The molecule has 8 heteroatoms. The molecule has 0 spiro atoms. The Kier molecular flexibility index (Phi) is 4.64. The molecule has 1 saturated carbocycles. The van der Waals surface area contributed by atoms with Gasteiger partial charge in [-0.25, -0.2) is 8.78 Å². The first kappa shape index (κ1) is 16.8. The third-order valence-electron chi connectivity index (χ3n) is 4.53. The smallest absolute Gasteiger partial charge is 0.228 e. The number of rotatable bonds is 5. The maximum atomic E-state index is 14.0. The average molecular weight is 366 g/mol. The van der Waals surface area contributed by atoms with Crippen molar-refractivity contribution < 1.29 is 13.5 Å². The van der Waals surface area contributed by atoms with Gasteiger partial charge in [0.2, 0.25) is 5.95 Å². The van der Waals surface area contributed by atoms with Gasteiger partial charge in [-0.1, -0.05) is 11.8 Å². The maximum absolute atomic E-state index is 14.0. The predicted molar refractivity (Wildman–Crippen MR) is 92.0 cm³/mol. The second-order valence-corrected chi connectivity index (χ2v) is 7.72. The molecule has 2 aromatic rings. The lowest BCUT2D eigenvalue weighted by Gasteiger charge is -2.28. The molecular weight excluding hydrogens is 346 g/mol. The summed E-state index contributed by atoms with van der Waals surface area (Å²) in [6, 6.07) is 3.97. The zero-order valence-electron chi connectivity index (χ0n) is 14.0. The standard InChI is InChI=1S/C17H20F2N4OS/c1-11(14-10-12(18)2-5-15(14)19)25-17-21-20-16(23(17)13-3-4-13)22-6-8-24-9-7-22/h2,5,10-11,13H,3-4,6-9H2,1H3/t11-/m0/s1. The quantitative estimate of drug-likeness (QED) is 0.757. The predicted octanol–water partition coefficient (Wildman–Crippen LogP) is 3.58. The Morgan fingerprint density at radius 1 is 1.20 bits per heavy atom. The summed E-state index contributed by atoms with van der Waals surface area (Å²) in [5.41, 5.74) is 0.350. The summed E-state index contributed by atoms with van der Waals surface area (Å²) in [6.07, 6.45) is 2.21. The van der Waals surface area contributed by atoms with Crippen molar-refractivity contribution in [1.29, 1.82) is 0 Å². The molecule has 1 aliphatic heterocycles. The Morgan fingerprint density at radius 2 is 1.96 bits per heavy atom. The fourth-order valence-corrected chi connectivity index (χ4v) is 4.08. The first-order chi connectivity index (χ1) is 12.1. The summed E-state index contributed by atoms with van der Waals surface area (Å²) in [4.78, 5) is 2.19. The number of nitrogens with zero attached hydrogens (tertiary/aromatic N) is 4. The Hall–Kier alpha value is -1.67. The summed E-state index contributed by atoms with van der Waals surface area (Å²) < 4.78 is 35.1. The van der Waals surface area contributed by atoms with E-state index in [1.807, 2.05) is 6.92 Å².